The molecule has 0 aliphatic heterocycles. The van der Waals surface area contributed by atoms with Crippen LogP contribution < -0.4 is 15.9 Å². The minimum atomic E-state index is -0.823. The number of unbranched alkanes of at least 4 members (excludes halogenated alkanes) is 1. The molecule has 0 aliphatic rings. The Morgan fingerprint density at radius 2 is 1.89 bits per heavy atom. The Morgan fingerprint density at radius 1 is 1.28 bits per heavy atom. The summed E-state index contributed by atoms with van der Waals surface area (Å²) in [6.45, 7) is 0.920. The molecule has 6 nitrogen and oxygen atoms in total. The molecule has 0 aromatic rings. The first-order valence-corrected chi connectivity index (χ1v) is 8.47. The van der Waals surface area contributed by atoms with E-state index in [1.807, 2.05) is 0 Å². The van der Waals surface area contributed by atoms with Crippen molar-refractivity contribution in [2.75, 3.05) is 13.1 Å². The Hall–Kier alpha value is 0.128. The SMILES string of the molecule is NC(CCNCl)C(=O)NCCCCC(=O)O.[Cl][Pt]. The number of carbonyl (C=O) groups is 2. The fourth-order valence-corrected chi connectivity index (χ4v) is 1.19. The molecule has 18 heavy (non-hydrogen) atoms. The summed E-state index contributed by atoms with van der Waals surface area (Å²) in [5.41, 5.74) is 5.56. The zero-order valence-corrected chi connectivity index (χ0v) is 13.5. The summed E-state index contributed by atoms with van der Waals surface area (Å²) in [6.07, 6.45) is 1.77. The van der Waals surface area contributed by atoms with Gasteiger partial charge in [-0.25, -0.2) is 4.84 Å². The number of nitrogens with one attached hydrogen (secondary N) is 2. The molecule has 0 fully saturated rings. The van der Waals surface area contributed by atoms with E-state index in [4.69, 9.17) is 22.6 Å². The van der Waals surface area contributed by atoms with E-state index in [9.17, 15) is 9.59 Å². The molecule has 0 saturated heterocycles. The first-order valence-electron chi connectivity index (χ1n) is 5.28. The maximum absolute atomic E-state index is 11.3. The van der Waals surface area contributed by atoms with Crippen molar-refractivity contribution in [1.82, 2.24) is 10.2 Å². The van der Waals surface area contributed by atoms with Gasteiger partial charge >= 0.3 is 34.2 Å². The van der Waals surface area contributed by atoms with Gasteiger partial charge in [0.25, 0.3) is 0 Å². The molecule has 9 heteroatoms. The van der Waals surface area contributed by atoms with Gasteiger partial charge in [0.2, 0.25) is 5.91 Å². The normalized spacial score (nSPS) is 11.2. The van der Waals surface area contributed by atoms with Crippen LogP contribution in [0, 0.1) is 0 Å². The van der Waals surface area contributed by atoms with Crippen LogP contribution in [0.3, 0.4) is 0 Å². The summed E-state index contributed by atoms with van der Waals surface area (Å²) >= 11 is 6.84. The number of aliphatic carboxylic acids is 1. The molecular formula is C9H18Cl2N3O3Pt. The maximum atomic E-state index is 11.3. The van der Waals surface area contributed by atoms with Crippen LogP contribution in [-0.2, 0) is 28.4 Å². The second-order valence-electron chi connectivity index (χ2n) is 3.42. The predicted molar refractivity (Wildman–Crippen MR) is 66.8 cm³/mol. The zero-order chi connectivity index (χ0) is 14.4. The van der Waals surface area contributed by atoms with Gasteiger partial charge in [-0.1, -0.05) is 0 Å². The van der Waals surface area contributed by atoms with Gasteiger partial charge in [-0.3, -0.25) is 9.59 Å². The van der Waals surface area contributed by atoms with E-state index in [1.54, 1.807) is 18.8 Å². The Labute approximate surface area is 127 Å². The number of carboxylic acid groups (broad SMARTS) is 1. The van der Waals surface area contributed by atoms with Gasteiger partial charge in [-0.15, -0.1) is 0 Å². The summed E-state index contributed by atoms with van der Waals surface area (Å²) in [5.74, 6) is -1.06. The van der Waals surface area contributed by atoms with Crippen molar-refractivity contribution in [3.8, 4) is 0 Å². The molecule has 111 valence electrons. The first-order chi connectivity index (χ1) is 8.57. The fourth-order valence-electron chi connectivity index (χ4n) is 1.09. The number of amides is 1. The number of carbonyl (C=O) groups excluding carboxylic acids is 1. The Kier molecular flexibility index (Phi) is 17.3. The predicted octanol–water partition coefficient (Wildman–Crippen LogP) is 0.505. The number of nitrogens with two attached hydrogens (primary N) is 1. The van der Waals surface area contributed by atoms with E-state index in [2.05, 4.69) is 19.6 Å². The van der Waals surface area contributed by atoms with Crippen LogP contribution in [0.4, 0.5) is 0 Å². The Balaban J connectivity index is 0. The topological polar surface area (TPSA) is 104 Å². The van der Waals surface area contributed by atoms with Crippen LogP contribution in [0.2, 0.25) is 0 Å². The van der Waals surface area contributed by atoms with Crippen LogP contribution in [-0.4, -0.2) is 36.1 Å². The van der Waals surface area contributed by atoms with Crippen molar-refractivity contribution < 1.29 is 33.5 Å². The standard InChI is InChI=1S/C9H18ClN3O3.ClH.Pt/c10-13-6-4-7(11)9(16)12-5-2-1-3-8(14)15;;/h7,13H,1-6,11H2,(H,12,16)(H,14,15);1H;/q;;+1/p-1. The molecule has 5 N–H and O–H groups in total. The third-order valence-electron chi connectivity index (χ3n) is 2.00. The molecule has 0 aromatic carbocycles. The van der Waals surface area contributed by atoms with E-state index < -0.39 is 12.0 Å². The van der Waals surface area contributed by atoms with Gasteiger partial charge in [-0.05, 0) is 31.0 Å². The van der Waals surface area contributed by atoms with Crippen LogP contribution in [0.25, 0.3) is 0 Å². The van der Waals surface area contributed by atoms with Gasteiger partial charge in [-0.2, -0.15) is 0 Å². The average Bonchev–Trinajstić information content (AvgIpc) is 2.37. The molecule has 0 saturated carbocycles. The van der Waals surface area contributed by atoms with Crippen molar-refractivity contribution in [3.05, 3.63) is 0 Å². The number of carboxylic acids is 1. The third-order valence-corrected chi connectivity index (χ3v) is 2.19. The molecule has 0 bridgehead atoms. The van der Waals surface area contributed by atoms with Crippen molar-refractivity contribution >= 4 is 33.1 Å². The average molecular weight is 482 g/mol. The van der Waals surface area contributed by atoms with Crippen LogP contribution >= 0.6 is 21.2 Å². The summed E-state index contributed by atoms with van der Waals surface area (Å²) in [5, 5.41) is 11.0. The Morgan fingerprint density at radius 3 is 2.39 bits per heavy atom. The molecule has 0 rings (SSSR count). The van der Waals surface area contributed by atoms with E-state index >= 15 is 0 Å². The molecule has 0 spiro atoms. The summed E-state index contributed by atoms with van der Waals surface area (Å²) in [6, 6.07) is -0.578. The number of hydrogen-bond donors (Lipinski definition) is 4. The molecule has 1 amide bonds. The van der Waals surface area contributed by atoms with E-state index in [0.717, 1.165) is 0 Å². The van der Waals surface area contributed by atoms with Gasteiger partial charge in [0.05, 0.1) is 6.04 Å². The molecule has 0 radical (unpaired) electrons. The molecule has 1 unspecified atom stereocenters. The van der Waals surface area contributed by atoms with Crippen molar-refractivity contribution in [1.29, 1.82) is 0 Å². The summed E-state index contributed by atoms with van der Waals surface area (Å²) in [7, 11) is 4.61. The van der Waals surface area contributed by atoms with Gasteiger partial charge in [0, 0.05) is 19.5 Å². The van der Waals surface area contributed by atoms with Crippen molar-refractivity contribution in [2.24, 2.45) is 5.73 Å². The van der Waals surface area contributed by atoms with Crippen LogP contribution in [0.1, 0.15) is 25.7 Å². The van der Waals surface area contributed by atoms with Crippen molar-refractivity contribution in [3.63, 3.8) is 0 Å². The monoisotopic (exact) mass is 481 g/mol. The van der Waals surface area contributed by atoms with Crippen molar-refractivity contribution in [2.45, 2.75) is 31.7 Å². The fraction of sp³-hybridized carbons (Fsp3) is 0.778. The number of rotatable bonds is 9. The van der Waals surface area contributed by atoms with E-state index in [0.29, 0.717) is 32.4 Å². The van der Waals surface area contributed by atoms with Crippen LogP contribution in [0.5, 0.6) is 0 Å². The summed E-state index contributed by atoms with van der Waals surface area (Å²) in [4.78, 5) is 23.9. The third kappa shape index (κ3) is 14.2. The van der Waals surface area contributed by atoms with E-state index in [1.165, 1.54) is 0 Å². The van der Waals surface area contributed by atoms with Gasteiger partial charge in [0.15, 0.2) is 0 Å². The molecule has 0 heterocycles. The van der Waals surface area contributed by atoms with Gasteiger partial charge in [0.1, 0.15) is 0 Å². The minimum absolute atomic E-state index is 0.123. The molecule has 0 aromatic heterocycles. The second-order valence-corrected chi connectivity index (χ2v) is 3.69. The molecule has 0 aliphatic carbocycles. The number of halogens is 2. The van der Waals surface area contributed by atoms with Crippen LogP contribution in [0.15, 0.2) is 0 Å². The quantitative estimate of drug-likeness (QED) is 0.283. The first kappa shape index (κ1) is 20.4. The second kappa shape index (κ2) is 15.2. The Bertz CT molecular complexity index is 235. The molecule has 1 atom stereocenters. The zero-order valence-electron chi connectivity index (χ0n) is 9.73. The van der Waals surface area contributed by atoms with E-state index in [-0.39, 0.29) is 12.3 Å². The molecular weight excluding hydrogens is 464 g/mol. The number of hydrogen-bond acceptors (Lipinski definition) is 4. The summed E-state index contributed by atoms with van der Waals surface area (Å²) < 4.78 is 0. The van der Waals surface area contributed by atoms with Gasteiger partial charge < -0.3 is 16.2 Å².